The van der Waals surface area contributed by atoms with Crippen molar-refractivity contribution < 1.29 is 18.9 Å². The first kappa shape index (κ1) is 15.8. The van der Waals surface area contributed by atoms with E-state index >= 15 is 0 Å². The molecule has 0 aliphatic rings. The molecule has 0 heterocycles. The lowest BCUT2D eigenvalue weighted by Crippen LogP contribution is -1.90. The summed E-state index contributed by atoms with van der Waals surface area (Å²) >= 11 is 0. The number of rotatable bonds is 6. The van der Waals surface area contributed by atoms with Crippen molar-refractivity contribution in [2.45, 2.75) is 0 Å². The van der Waals surface area contributed by atoms with Crippen molar-refractivity contribution in [3.8, 4) is 23.0 Å². The van der Waals surface area contributed by atoms with E-state index in [9.17, 15) is 0 Å². The van der Waals surface area contributed by atoms with E-state index in [-0.39, 0.29) is 0 Å². The van der Waals surface area contributed by atoms with Crippen LogP contribution in [0.5, 0.6) is 23.0 Å². The summed E-state index contributed by atoms with van der Waals surface area (Å²) in [5.74, 6) is 3.02. The predicted molar refractivity (Wildman–Crippen MR) is 88.0 cm³/mol. The summed E-state index contributed by atoms with van der Waals surface area (Å²) in [6.07, 6.45) is 3.96. The summed E-state index contributed by atoms with van der Waals surface area (Å²) in [6.45, 7) is 0. The zero-order valence-electron chi connectivity index (χ0n) is 13.3. The van der Waals surface area contributed by atoms with Crippen molar-refractivity contribution >= 4 is 12.2 Å². The quantitative estimate of drug-likeness (QED) is 0.758. The molecule has 0 amide bonds. The van der Waals surface area contributed by atoms with Crippen molar-refractivity contribution in [3.05, 3.63) is 47.5 Å². The van der Waals surface area contributed by atoms with Crippen LogP contribution in [0.4, 0.5) is 0 Å². The average molecular weight is 300 g/mol. The van der Waals surface area contributed by atoms with E-state index in [1.54, 1.807) is 28.4 Å². The Morgan fingerprint density at radius 2 is 1.27 bits per heavy atom. The third-order valence-electron chi connectivity index (χ3n) is 3.27. The number of ether oxygens (including phenoxy) is 4. The van der Waals surface area contributed by atoms with Crippen molar-refractivity contribution in [1.82, 2.24) is 0 Å². The molecule has 0 saturated heterocycles. The maximum Gasteiger partial charge on any atom is 0.129 e. The van der Waals surface area contributed by atoms with E-state index in [0.717, 1.165) is 34.1 Å². The fraction of sp³-hybridized carbons (Fsp3) is 0.222. The minimum atomic E-state index is 0.751. The first-order valence-corrected chi connectivity index (χ1v) is 6.83. The lowest BCUT2D eigenvalue weighted by molar-refractivity contribution is 0.394. The van der Waals surface area contributed by atoms with Crippen LogP contribution in [-0.2, 0) is 0 Å². The molecule has 4 nitrogen and oxygen atoms in total. The Hall–Kier alpha value is -2.62. The minimum Gasteiger partial charge on any atom is -0.497 e. The molecule has 0 radical (unpaired) electrons. The second kappa shape index (κ2) is 7.41. The number of hydrogen-bond donors (Lipinski definition) is 0. The first-order valence-electron chi connectivity index (χ1n) is 6.83. The van der Waals surface area contributed by atoms with Gasteiger partial charge < -0.3 is 18.9 Å². The van der Waals surface area contributed by atoms with Gasteiger partial charge in [-0.15, -0.1) is 0 Å². The predicted octanol–water partition coefficient (Wildman–Crippen LogP) is 3.89. The van der Waals surface area contributed by atoms with E-state index in [1.165, 1.54) is 0 Å². The van der Waals surface area contributed by atoms with Gasteiger partial charge in [0.25, 0.3) is 0 Å². The average Bonchev–Trinajstić information content (AvgIpc) is 2.59. The molecule has 0 aliphatic heterocycles. The molecule has 0 spiro atoms. The second-order valence-electron chi connectivity index (χ2n) is 4.59. The number of benzene rings is 2. The molecule has 0 atom stereocenters. The Balaban J connectivity index is 2.32. The highest BCUT2D eigenvalue weighted by atomic mass is 16.5. The Morgan fingerprint density at radius 3 is 1.82 bits per heavy atom. The van der Waals surface area contributed by atoms with Crippen LogP contribution in [0.25, 0.3) is 12.2 Å². The molecule has 116 valence electrons. The van der Waals surface area contributed by atoms with E-state index < -0.39 is 0 Å². The molecule has 2 rings (SSSR count). The first-order chi connectivity index (χ1) is 10.7. The van der Waals surface area contributed by atoms with Crippen LogP contribution in [-0.4, -0.2) is 28.4 Å². The van der Waals surface area contributed by atoms with Crippen molar-refractivity contribution in [2.75, 3.05) is 28.4 Å². The molecular formula is C18H20O4. The summed E-state index contributed by atoms with van der Waals surface area (Å²) in [7, 11) is 6.54. The Bertz CT molecular complexity index is 640. The van der Waals surface area contributed by atoms with E-state index in [0.29, 0.717) is 0 Å². The Kier molecular flexibility index (Phi) is 5.31. The summed E-state index contributed by atoms with van der Waals surface area (Å²) in [5.41, 5.74) is 1.94. The highest BCUT2D eigenvalue weighted by molar-refractivity contribution is 5.74. The van der Waals surface area contributed by atoms with Gasteiger partial charge in [-0.3, -0.25) is 0 Å². The van der Waals surface area contributed by atoms with E-state index in [1.807, 2.05) is 48.6 Å². The summed E-state index contributed by atoms with van der Waals surface area (Å²) in [6, 6.07) is 11.4. The molecular weight excluding hydrogens is 280 g/mol. The number of methoxy groups -OCH3 is 4. The van der Waals surface area contributed by atoms with Gasteiger partial charge in [0.05, 0.1) is 28.4 Å². The van der Waals surface area contributed by atoms with Crippen LogP contribution in [0.1, 0.15) is 11.1 Å². The van der Waals surface area contributed by atoms with Crippen LogP contribution in [0.15, 0.2) is 36.4 Å². The fourth-order valence-corrected chi connectivity index (χ4v) is 2.07. The third-order valence-corrected chi connectivity index (χ3v) is 3.27. The molecule has 0 N–H and O–H groups in total. The van der Waals surface area contributed by atoms with Gasteiger partial charge in [-0.05, 0) is 29.8 Å². The van der Waals surface area contributed by atoms with Gasteiger partial charge in [-0.25, -0.2) is 0 Å². The molecule has 0 unspecified atom stereocenters. The molecule has 0 aliphatic carbocycles. The van der Waals surface area contributed by atoms with Crippen LogP contribution < -0.4 is 18.9 Å². The van der Waals surface area contributed by atoms with E-state index in [2.05, 4.69) is 0 Å². The third kappa shape index (κ3) is 3.73. The SMILES string of the molecule is COc1cc(C=Cc2ccc(OC)cc2OC)cc(OC)c1. The van der Waals surface area contributed by atoms with E-state index in [4.69, 9.17) is 18.9 Å². The molecule has 0 saturated carbocycles. The maximum atomic E-state index is 5.39. The smallest absolute Gasteiger partial charge is 0.129 e. The van der Waals surface area contributed by atoms with Crippen molar-refractivity contribution in [2.24, 2.45) is 0 Å². The standard InChI is InChI=1S/C18H20O4/c1-19-15-8-7-14(18(12-15)22-4)6-5-13-9-16(20-2)11-17(10-13)21-3/h5-12H,1-4H3. The lowest BCUT2D eigenvalue weighted by atomic mass is 10.1. The van der Waals surface area contributed by atoms with Crippen LogP contribution >= 0.6 is 0 Å². The van der Waals surface area contributed by atoms with Crippen LogP contribution in [0.2, 0.25) is 0 Å². The zero-order chi connectivity index (χ0) is 15.9. The molecule has 4 heteroatoms. The van der Waals surface area contributed by atoms with Crippen molar-refractivity contribution in [1.29, 1.82) is 0 Å². The summed E-state index contributed by atoms with van der Waals surface area (Å²) in [4.78, 5) is 0. The Morgan fingerprint density at radius 1 is 0.636 bits per heavy atom. The fourth-order valence-electron chi connectivity index (χ4n) is 2.07. The van der Waals surface area contributed by atoms with Crippen LogP contribution in [0.3, 0.4) is 0 Å². The van der Waals surface area contributed by atoms with Crippen LogP contribution in [0, 0.1) is 0 Å². The second-order valence-corrected chi connectivity index (χ2v) is 4.59. The van der Waals surface area contributed by atoms with Gasteiger partial charge in [0.2, 0.25) is 0 Å². The highest BCUT2D eigenvalue weighted by Gasteiger charge is 2.03. The maximum absolute atomic E-state index is 5.39. The summed E-state index contributed by atoms with van der Waals surface area (Å²) < 4.78 is 21.1. The van der Waals surface area contributed by atoms with Gasteiger partial charge in [-0.2, -0.15) is 0 Å². The largest absolute Gasteiger partial charge is 0.497 e. The van der Waals surface area contributed by atoms with Gasteiger partial charge in [0.15, 0.2) is 0 Å². The minimum absolute atomic E-state index is 0.751. The molecule has 2 aromatic carbocycles. The highest BCUT2D eigenvalue weighted by Crippen LogP contribution is 2.28. The van der Waals surface area contributed by atoms with Gasteiger partial charge in [0.1, 0.15) is 23.0 Å². The number of hydrogen-bond acceptors (Lipinski definition) is 4. The zero-order valence-corrected chi connectivity index (χ0v) is 13.3. The summed E-state index contributed by atoms with van der Waals surface area (Å²) in [5, 5.41) is 0. The molecule has 0 fully saturated rings. The lowest BCUT2D eigenvalue weighted by Gasteiger charge is -2.08. The van der Waals surface area contributed by atoms with Gasteiger partial charge >= 0.3 is 0 Å². The van der Waals surface area contributed by atoms with Gasteiger partial charge in [-0.1, -0.05) is 12.2 Å². The Labute approximate surface area is 130 Å². The topological polar surface area (TPSA) is 36.9 Å². The molecule has 2 aromatic rings. The monoisotopic (exact) mass is 300 g/mol. The molecule has 0 aromatic heterocycles. The van der Waals surface area contributed by atoms with Gasteiger partial charge in [0, 0.05) is 17.7 Å². The molecule has 22 heavy (non-hydrogen) atoms. The normalized spacial score (nSPS) is 10.5. The molecule has 0 bridgehead atoms. The van der Waals surface area contributed by atoms with Crippen molar-refractivity contribution in [3.63, 3.8) is 0 Å².